The van der Waals surface area contributed by atoms with E-state index in [1.165, 1.54) is 12.8 Å². The Labute approximate surface area is 129 Å². The smallest absolute Gasteiger partial charge is 0.165 e. The highest BCUT2D eigenvalue weighted by molar-refractivity contribution is 5.46. The standard InChI is InChI=1S/C18H29NO2/c1-4-6-7-8-9-14-21-18-16(15-19-13-5-2)11-10-12-17(18)20-3/h4,10-12,19H,1,5-9,13-15H2,2-3H3. The molecule has 1 N–H and O–H groups in total. The molecule has 1 aromatic carbocycles. The minimum atomic E-state index is 0.734. The molecule has 0 spiro atoms. The molecule has 0 saturated carbocycles. The average Bonchev–Trinajstić information content (AvgIpc) is 2.51. The van der Waals surface area contributed by atoms with Crippen LogP contribution in [-0.2, 0) is 6.54 Å². The number of benzene rings is 1. The van der Waals surface area contributed by atoms with Crippen LogP contribution in [0.15, 0.2) is 30.9 Å². The number of hydrogen-bond donors (Lipinski definition) is 1. The quantitative estimate of drug-likeness (QED) is 0.459. The van der Waals surface area contributed by atoms with Crippen molar-refractivity contribution >= 4 is 0 Å². The Bertz CT molecular complexity index is 404. The molecule has 1 aromatic rings. The van der Waals surface area contributed by atoms with Gasteiger partial charge in [-0.1, -0.05) is 25.1 Å². The molecule has 118 valence electrons. The summed E-state index contributed by atoms with van der Waals surface area (Å²) in [5.74, 6) is 1.70. The number of unbranched alkanes of at least 4 members (excludes halogenated alkanes) is 3. The molecule has 0 aromatic heterocycles. The number of nitrogens with one attached hydrogen (secondary N) is 1. The van der Waals surface area contributed by atoms with Crippen LogP contribution in [0.2, 0.25) is 0 Å². The van der Waals surface area contributed by atoms with Gasteiger partial charge in [-0.05, 0) is 44.7 Å². The lowest BCUT2D eigenvalue weighted by Gasteiger charge is -2.15. The van der Waals surface area contributed by atoms with E-state index >= 15 is 0 Å². The third kappa shape index (κ3) is 6.67. The van der Waals surface area contributed by atoms with Gasteiger partial charge in [0.2, 0.25) is 0 Å². The van der Waals surface area contributed by atoms with Crippen molar-refractivity contribution in [2.75, 3.05) is 20.3 Å². The Balaban J connectivity index is 2.53. The number of para-hydroxylation sites is 1. The Kier molecular flexibility index (Phi) is 9.38. The minimum Gasteiger partial charge on any atom is -0.493 e. The van der Waals surface area contributed by atoms with Crippen molar-refractivity contribution in [1.29, 1.82) is 0 Å². The molecule has 1 rings (SSSR count). The van der Waals surface area contributed by atoms with Crippen LogP contribution in [0.3, 0.4) is 0 Å². The van der Waals surface area contributed by atoms with Crippen molar-refractivity contribution in [2.45, 2.75) is 45.6 Å². The number of methoxy groups -OCH3 is 1. The van der Waals surface area contributed by atoms with Gasteiger partial charge in [0.15, 0.2) is 11.5 Å². The van der Waals surface area contributed by atoms with Crippen molar-refractivity contribution in [3.8, 4) is 11.5 Å². The first-order valence-corrected chi connectivity index (χ1v) is 7.93. The molecular weight excluding hydrogens is 262 g/mol. The van der Waals surface area contributed by atoms with Gasteiger partial charge in [-0.2, -0.15) is 0 Å². The topological polar surface area (TPSA) is 30.5 Å². The maximum atomic E-state index is 5.98. The van der Waals surface area contributed by atoms with Gasteiger partial charge in [-0.15, -0.1) is 6.58 Å². The van der Waals surface area contributed by atoms with Crippen LogP contribution in [0.4, 0.5) is 0 Å². The van der Waals surface area contributed by atoms with Crippen molar-refractivity contribution in [3.05, 3.63) is 36.4 Å². The Morgan fingerprint density at radius 2 is 2.10 bits per heavy atom. The highest BCUT2D eigenvalue weighted by Crippen LogP contribution is 2.31. The predicted octanol–water partition coefficient (Wildman–Crippen LogP) is 4.32. The van der Waals surface area contributed by atoms with Gasteiger partial charge < -0.3 is 14.8 Å². The molecule has 0 amide bonds. The molecule has 0 aliphatic rings. The van der Waals surface area contributed by atoms with Gasteiger partial charge in [0.25, 0.3) is 0 Å². The maximum Gasteiger partial charge on any atom is 0.165 e. The number of hydrogen-bond acceptors (Lipinski definition) is 3. The van der Waals surface area contributed by atoms with Crippen LogP contribution in [0.1, 0.15) is 44.6 Å². The summed E-state index contributed by atoms with van der Waals surface area (Å²) in [4.78, 5) is 0. The zero-order valence-corrected chi connectivity index (χ0v) is 13.5. The van der Waals surface area contributed by atoms with Gasteiger partial charge in [0, 0.05) is 12.1 Å². The Morgan fingerprint density at radius 1 is 1.24 bits per heavy atom. The first-order chi connectivity index (χ1) is 10.3. The second-order valence-electron chi connectivity index (χ2n) is 5.11. The highest BCUT2D eigenvalue weighted by atomic mass is 16.5. The molecular formula is C18H29NO2. The van der Waals surface area contributed by atoms with Crippen LogP contribution in [0.5, 0.6) is 11.5 Å². The van der Waals surface area contributed by atoms with E-state index in [1.807, 2.05) is 18.2 Å². The predicted molar refractivity (Wildman–Crippen MR) is 89.2 cm³/mol. The molecule has 0 radical (unpaired) electrons. The third-order valence-corrected chi connectivity index (χ3v) is 3.32. The minimum absolute atomic E-state index is 0.734. The molecule has 3 nitrogen and oxygen atoms in total. The second-order valence-corrected chi connectivity index (χ2v) is 5.11. The summed E-state index contributed by atoms with van der Waals surface area (Å²) in [7, 11) is 1.69. The van der Waals surface area contributed by atoms with Crippen molar-refractivity contribution in [1.82, 2.24) is 5.32 Å². The fourth-order valence-electron chi connectivity index (χ4n) is 2.17. The fraction of sp³-hybridized carbons (Fsp3) is 0.556. The fourth-order valence-corrected chi connectivity index (χ4v) is 2.17. The van der Waals surface area contributed by atoms with Crippen LogP contribution < -0.4 is 14.8 Å². The van der Waals surface area contributed by atoms with Crippen molar-refractivity contribution in [2.24, 2.45) is 0 Å². The number of allylic oxidation sites excluding steroid dienone is 1. The van der Waals surface area contributed by atoms with Crippen LogP contribution >= 0.6 is 0 Å². The number of rotatable bonds is 12. The first kappa shape index (κ1) is 17.6. The van der Waals surface area contributed by atoms with E-state index in [-0.39, 0.29) is 0 Å². The molecule has 0 aliphatic heterocycles. The Morgan fingerprint density at radius 3 is 2.81 bits per heavy atom. The van der Waals surface area contributed by atoms with Gasteiger partial charge in [0.05, 0.1) is 13.7 Å². The van der Waals surface area contributed by atoms with Gasteiger partial charge in [0.1, 0.15) is 0 Å². The largest absolute Gasteiger partial charge is 0.493 e. The van der Waals surface area contributed by atoms with E-state index in [4.69, 9.17) is 9.47 Å². The van der Waals surface area contributed by atoms with Crippen LogP contribution in [-0.4, -0.2) is 20.3 Å². The highest BCUT2D eigenvalue weighted by Gasteiger charge is 2.10. The van der Waals surface area contributed by atoms with Gasteiger partial charge in [-0.3, -0.25) is 0 Å². The molecule has 0 bridgehead atoms. The van der Waals surface area contributed by atoms with Gasteiger partial charge in [-0.25, -0.2) is 0 Å². The van der Waals surface area contributed by atoms with Crippen molar-refractivity contribution in [3.63, 3.8) is 0 Å². The van der Waals surface area contributed by atoms with E-state index in [0.29, 0.717) is 0 Å². The molecule has 3 heteroatoms. The average molecular weight is 291 g/mol. The lowest BCUT2D eigenvalue weighted by Crippen LogP contribution is -2.15. The molecule has 0 fully saturated rings. The summed E-state index contributed by atoms with van der Waals surface area (Å²) >= 11 is 0. The SMILES string of the molecule is C=CCCCCCOc1c(CNCCC)cccc1OC. The van der Waals surface area contributed by atoms with E-state index in [9.17, 15) is 0 Å². The zero-order chi connectivity index (χ0) is 15.3. The summed E-state index contributed by atoms with van der Waals surface area (Å²) < 4.78 is 11.4. The molecule has 0 aliphatic carbocycles. The number of ether oxygens (including phenoxy) is 2. The normalized spacial score (nSPS) is 10.4. The van der Waals surface area contributed by atoms with E-state index in [0.717, 1.165) is 56.0 Å². The van der Waals surface area contributed by atoms with Crippen molar-refractivity contribution < 1.29 is 9.47 Å². The Hall–Kier alpha value is -1.48. The summed E-state index contributed by atoms with van der Waals surface area (Å²) in [5.41, 5.74) is 1.16. The summed E-state index contributed by atoms with van der Waals surface area (Å²) in [6.45, 7) is 8.47. The molecule has 21 heavy (non-hydrogen) atoms. The van der Waals surface area contributed by atoms with E-state index < -0.39 is 0 Å². The molecule has 0 unspecified atom stereocenters. The second kappa shape index (κ2) is 11.2. The molecule has 0 heterocycles. The summed E-state index contributed by atoms with van der Waals surface area (Å²) in [5, 5.41) is 3.41. The monoisotopic (exact) mass is 291 g/mol. The van der Waals surface area contributed by atoms with Gasteiger partial charge >= 0.3 is 0 Å². The van der Waals surface area contributed by atoms with E-state index in [2.05, 4.69) is 24.9 Å². The first-order valence-electron chi connectivity index (χ1n) is 7.93. The van der Waals surface area contributed by atoms with Crippen LogP contribution in [0.25, 0.3) is 0 Å². The summed E-state index contributed by atoms with van der Waals surface area (Å²) in [6, 6.07) is 6.06. The third-order valence-electron chi connectivity index (χ3n) is 3.32. The van der Waals surface area contributed by atoms with E-state index in [1.54, 1.807) is 7.11 Å². The lowest BCUT2D eigenvalue weighted by molar-refractivity contribution is 0.282. The maximum absolute atomic E-state index is 5.98. The lowest BCUT2D eigenvalue weighted by atomic mass is 10.1. The molecule has 0 saturated heterocycles. The summed E-state index contributed by atoms with van der Waals surface area (Å²) in [6.07, 6.45) is 7.60. The van der Waals surface area contributed by atoms with Crippen LogP contribution in [0, 0.1) is 0 Å². The molecule has 0 atom stereocenters. The zero-order valence-electron chi connectivity index (χ0n) is 13.5.